The number of hydrogen-bond donors (Lipinski definition) is 1. The van der Waals surface area contributed by atoms with E-state index in [2.05, 4.69) is 4.98 Å². The predicted octanol–water partition coefficient (Wildman–Crippen LogP) is 3.82. The minimum Gasteiger partial charge on any atom is -0.391 e. The highest BCUT2D eigenvalue weighted by molar-refractivity contribution is 6.42. The van der Waals surface area contributed by atoms with Gasteiger partial charge in [0.1, 0.15) is 0 Å². The van der Waals surface area contributed by atoms with Crippen LogP contribution in [-0.2, 0) is 0 Å². The summed E-state index contributed by atoms with van der Waals surface area (Å²) in [6, 6.07) is 3.69. The molecule has 0 bridgehead atoms. The highest BCUT2D eigenvalue weighted by Crippen LogP contribution is 2.33. The second-order valence-corrected chi connectivity index (χ2v) is 5.64. The lowest BCUT2D eigenvalue weighted by Crippen LogP contribution is -2.27. The molecule has 1 aliphatic rings. The van der Waals surface area contributed by atoms with E-state index < -0.39 is 0 Å². The third kappa shape index (κ3) is 2.00. The zero-order valence-corrected chi connectivity index (χ0v) is 11.3. The summed E-state index contributed by atoms with van der Waals surface area (Å²) in [4.78, 5) is 4.34. The van der Waals surface area contributed by atoms with Crippen LogP contribution >= 0.6 is 23.2 Å². The summed E-state index contributed by atoms with van der Waals surface area (Å²) in [6.45, 7) is 0. The van der Waals surface area contributed by atoms with E-state index in [-0.39, 0.29) is 12.1 Å². The number of halogens is 2. The van der Waals surface area contributed by atoms with Crippen LogP contribution in [0.25, 0.3) is 11.0 Å². The number of aliphatic hydroxyl groups excluding tert-OH is 1. The fourth-order valence-electron chi connectivity index (χ4n) is 2.70. The molecular weight excluding hydrogens is 271 g/mol. The summed E-state index contributed by atoms with van der Waals surface area (Å²) in [5.41, 5.74) is 1.76. The Kier molecular flexibility index (Phi) is 3.22. The maximum absolute atomic E-state index is 10.1. The Hall–Kier alpha value is -0.770. The summed E-state index contributed by atoms with van der Waals surface area (Å²) in [5.74, 6) is 0. The van der Waals surface area contributed by atoms with Crippen molar-refractivity contribution in [1.29, 1.82) is 0 Å². The molecule has 0 saturated heterocycles. The van der Waals surface area contributed by atoms with Crippen molar-refractivity contribution in [3.05, 3.63) is 28.5 Å². The van der Waals surface area contributed by atoms with E-state index in [0.717, 1.165) is 36.7 Å². The standard InChI is InChI=1S/C13H14Cl2N2O/c14-8-5-10-12(6-9(8)15)17(7-16-10)11-3-1-2-4-13(11)18/h5-7,11,13,18H,1-4H2/t11-,13-/m0/s1. The van der Waals surface area contributed by atoms with Gasteiger partial charge < -0.3 is 9.67 Å². The van der Waals surface area contributed by atoms with Crippen molar-refractivity contribution in [2.24, 2.45) is 0 Å². The van der Waals surface area contributed by atoms with E-state index in [4.69, 9.17) is 23.2 Å². The smallest absolute Gasteiger partial charge is 0.0961 e. The average Bonchev–Trinajstić information content (AvgIpc) is 2.73. The number of fused-ring (bicyclic) bond motifs is 1. The molecule has 3 nitrogen and oxygen atoms in total. The third-order valence-corrected chi connectivity index (χ3v) is 4.39. The Morgan fingerprint density at radius 1 is 1.17 bits per heavy atom. The molecule has 0 unspecified atom stereocenters. The summed E-state index contributed by atoms with van der Waals surface area (Å²) in [5, 5.41) is 11.2. The Morgan fingerprint density at radius 3 is 2.67 bits per heavy atom. The molecule has 0 aliphatic heterocycles. The zero-order chi connectivity index (χ0) is 12.7. The quantitative estimate of drug-likeness (QED) is 0.865. The number of rotatable bonds is 1. The van der Waals surface area contributed by atoms with Crippen molar-refractivity contribution in [2.45, 2.75) is 37.8 Å². The van der Waals surface area contributed by atoms with Gasteiger partial charge in [-0.3, -0.25) is 0 Å². The first kappa shape index (κ1) is 12.3. The molecule has 1 aromatic carbocycles. The van der Waals surface area contributed by atoms with Gasteiger partial charge in [0.25, 0.3) is 0 Å². The van der Waals surface area contributed by atoms with Gasteiger partial charge in [0.15, 0.2) is 0 Å². The van der Waals surface area contributed by atoms with Crippen LogP contribution in [0.4, 0.5) is 0 Å². The molecule has 5 heteroatoms. The van der Waals surface area contributed by atoms with Gasteiger partial charge in [-0.05, 0) is 25.0 Å². The molecule has 1 heterocycles. The Morgan fingerprint density at radius 2 is 1.89 bits per heavy atom. The van der Waals surface area contributed by atoms with Gasteiger partial charge in [0.05, 0.1) is 39.6 Å². The first-order valence-corrected chi connectivity index (χ1v) is 6.92. The summed E-state index contributed by atoms with van der Waals surface area (Å²) in [7, 11) is 0. The van der Waals surface area contributed by atoms with Gasteiger partial charge in [-0.15, -0.1) is 0 Å². The summed E-state index contributed by atoms with van der Waals surface area (Å²) < 4.78 is 2.03. The first-order chi connectivity index (χ1) is 8.66. The molecule has 1 aromatic heterocycles. The number of benzene rings is 1. The molecule has 1 N–H and O–H groups in total. The van der Waals surface area contributed by atoms with Gasteiger partial charge in [0, 0.05) is 0 Å². The van der Waals surface area contributed by atoms with Gasteiger partial charge >= 0.3 is 0 Å². The van der Waals surface area contributed by atoms with Crippen molar-refractivity contribution in [3.63, 3.8) is 0 Å². The van der Waals surface area contributed by atoms with Crippen LogP contribution in [0.15, 0.2) is 18.5 Å². The highest BCUT2D eigenvalue weighted by Gasteiger charge is 2.25. The Bertz CT molecular complexity index is 582. The van der Waals surface area contributed by atoms with E-state index in [9.17, 15) is 5.11 Å². The van der Waals surface area contributed by atoms with E-state index in [1.54, 1.807) is 12.4 Å². The molecule has 1 saturated carbocycles. The molecule has 2 aromatic rings. The van der Waals surface area contributed by atoms with Crippen LogP contribution in [0.5, 0.6) is 0 Å². The van der Waals surface area contributed by atoms with E-state index in [0.29, 0.717) is 10.0 Å². The molecule has 18 heavy (non-hydrogen) atoms. The predicted molar refractivity (Wildman–Crippen MR) is 73.3 cm³/mol. The summed E-state index contributed by atoms with van der Waals surface area (Å²) >= 11 is 12.0. The van der Waals surface area contributed by atoms with Gasteiger partial charge in [0.2, 0.25) is 0 Å². The van der Waals surface area contributed by atoms with Crippen LogP contribution in [0, 0.1) is 0 Å². The number of aliphatic hydroxyl groups is 1. The highest BCUT2D eigenvalue weighted by atomic mass is 35.5. The first-order valence-electron chi connectivity index (χ1n) is 6.16. The van der Waals surface area contributed by atoms with Crippen molar-refractivity contribution in [3.8, 4) is 0 Å². The van der Waals surface area contributed by atoms with Crippen molar-refractivity contribution in [2.75, 3.05) is 0 Å². The van der Waals surface area contributed by atoms with Gasteiger partial charge in [-0.1, -0.05) is 36.0 Å². The molecule has 0 radical (unpaired) electrons. The monoisotopic (exact) mass is 284 g/mol. The Balaban J connectivity index is 2.09. The number of nitrogens with zero attached hydrogens (tertiary/aromatic N) is 2. The lowest BCUT2D eigenvalue weighted by molar-refractivity contribution is 0.0773. The maximum atomic E-state index is 10.1. The van der Waals surface area contributed by atoms with E-state index in [1.165, 1.54) is 0 Å². The minimum atomic E-state index is -0.300. The minimum absolute atomic E-state index is 0.0981. The molecule has 1 aliphatic carbocycles. The van der Waals surface area contributed by atoms with Crippen LogP contribution < -0.4 is 0 Å². The third-order valence-electron chi connectivity index (χ3n) is 3.67. The lowest BCUT2D eigenvalue weighted by atomic mass is 9.92. The molecular formula is C13H14Cl2N2O. The van der Waals surface area contributed by atoms with E-state index in [1.807, 2.05) is 10.6 Å². The maximum Gasteiger partial charge on any atom is 0.0961 e. The fourth-order valence-corrected chi connectivity index (χ4v) is 3.02. The van der Waals surface area contributed by atoms with E-state index >= 15 is 0 Å². The molecule has 96 valence electrons. The largest absolute Gasteiger partial charge is 0.391 e. The van der Waals surface area contributed by atoms with Crippen molar-refractivity contribution in [1.82, 2.24) is 9.55 Å². The summed E-state index contributed by atoms with van der Waals surface area (Å²) in [6.07, 6.45) is 5.54. The molecule has 0 amide bonds. The molecule has 3 rings (SSSR count). The Labute approximate surface area is 115 Å². The second kappa shape index (κ2) is 4.72. The topological polar surface area (TPSA) is 38.0 Å². The molecule has 1 fully saturated rings. The number of imidazole rings is 1. The zero-order valence-electron chi connectivity index (χ0n) is 9.81. The van der Waals surface area contributed by atoms with Crippen molar-refractivity contribution < 1.29 is 5.11 Å². The SMILES string of the molecule is O[C@H]1CCCC[C@@H]1n1cnc2cc(Cl)c(Cl)cc21. The second-order valence-electron chi connectivity index (χ2n) is 4.83. The fraction of sp³-hybridized carbons (Fsp3) is 0.462. The molecule has 0 spiro atoms. The molecule has 2 atom stereocenters. The van der Waals surface area contributed by atoms with Crippen LogP contribution in [0.3, 0.4) is 0 Å². The van der Waals surface area contributed by atoms with Gasteiger partial charge in [-0.2, -0.15) is 0 Å². The number of aromatic nitrogens is 2. The van der Waals surface area contributed by atoms with Crippen molar-refractivity contribution >= 4 is 34.2 Å². The number of hydrogen-bond acceptors (Lipinski definition) is 2. The van der Waals surface area contributed by atoms with Crippen LogP contribution in [0.1, 0.15) is 31.7 Å². The lowest BCUT2D eigenvalue weighted by Gasteiger charge is -2.29. The van der Waals surface area contributed by atoms with Crippen LogP contribution in [-0.4, -0.2) is 20.8 Å². The van der Waals surface area contributed by atoms with Gasteiger partial charge in [-0.25, -0.2) is 4.98 Å². The van der Waals surface area contributed by atoms with Crippen LogP contribution in [0.2, 0.25) is 10.0 Å². The normalized spacial score (nSPS) is 24.6. The average molecular weight is 285 g/mol.